The average Bonchev–Trinajstić information content (AvgIpc) is 3.22. The van der Waals surface area contributed by atoms with Crippen molar-refractivity contribution in [3.05, 3.63) is 47.5 Å². The molecule has 7 nitrogen and oxygen atoms in total. The van der Waals surface area contributed by atoms with Crippen molar-refractivity contribution < 1.29 is 32.2 Å². The van der Waals surface area contributed by atoms with Gasteiger partial charge in [0.15, 0.2) is 0 Å². The summed E-state index contributed by atoms with van der Waals surface area (Å²) in [5.74, 6) is -0.361. The second-order valence-corrected chi connectivity index (χ2v) is 10.0. The summed E-state index contributed by atoms with van der Waals surface area (Å²) < 4.78 is 47.5. The predicted molar refractivity (Wildman–Crippen MR) is 124 cm³/mol. The lowest BCUT2D eigenvalue weighted by atomic mass is 9.57. The van der Waals surface area contributed by atoms with E-state index in [9.17, 15) is 22.8 Å². The summed E-state index contributed by atoms with van der Waals surface area (Å²) >= 11 is 1.50. The molecule has 184 valence electrons. The minimum absolute atomic E-state index is 0.000259. The molecule has 3 heterocycles. The third kappa shape index (κ3) is 4.77. The molecule has 1 spiro atoms. The Morgan fingerprint density at radius 3 is 2.71 bits per heavy atom. The second kappa shape index (κ2) is 8.71. The topological polar surface area (TPSA) is 80.8 Å². The molecule has 2 aliphatic rings. The number of benzene rings is 1. The van der Waals surface area contributed by atoms with Gasteiger partial charge in [0.1, 0.15) is 11.5 Å². The van der Waals surface area contributed by atoms with Crippen LogP contribution in [0.3, 0.4) is 0 Å². The first-order valence-electron chi connectivity index (χ1n) is 11.0. The molecule has 2 fully saturated rings. The molecule has 1 aromatic carbocycles. The molecule has 5 rings (SSSR count). The van der Waals surface area contributed by atoms with Gasteiger partial charge in [-0.3, -0.25) is 14.6 Å². The number of rotatable bonds is 6. The van der Waals surface area contributed by atoms with Crippen LogP contribution in [-0.4, -0.2) is 48.3 Å². The summed E-state index contributed by atoms with van der Waals surface area (Å²) in [4.78, 5) is 31.6. The molecule has 1 N–H and O–H groups in total. The van der Waals surface area contributed by atoms with E-state index in [2.05, 4.69) is 15.0 Å². The molecule has 11 heteroatoms. The Kier molecular flexibility index (Phi) is 5.82. The van der Waals surface area contributed by atoms with Crippen molar-refractivity contribution in [2.45, 2.75) is 25.6 Å². The molecule has 2 amide bonds. The van der Waals surface area contributed by atoms with Gasteiger partial charge >= 0.3 is 6.36 Å². The van der Waals surface area contributed by atoms with Gasteiger partial charge in [-0.15, -0.1) is 24.5 Å². The molecule has 0 atom stereocenters. The number of aromatic nitrogens is 1. The van der Waals surface area contributed by atoms with Crippen molar-refractivity contribution in [2.75, 3.05) is 25.5 Å². The zero-order valence-corrected chi connectivity index (χ0v) is 19.5. The number of likely N-dealkylation sites (tertiary alicyclic amines) is 1. The number of ether oxygens (including phenoxy) is 2. The summed E-state index contributed by atoms with van der Waals surface area (Å²) in [5.41, 5.74) is 1.64. The first-order chi connectivity index (χ1) is 16.6. The van der Waals surface area contributed by atoms with Crippen molar-refractivity contribution in [3.8, 4) is 11.5 Å². The summed E-state index contributed by atoms with van der Waals surface area (Å²) in [7, 11) is 1.37. The van der Waals surface area contributed by atoms with Crippen LogP contribution in [0.5, 0.6) is 11.5 Å². The summed E-state index contributed by atoms with van der Waals surface area (Å²) in [6, 6.07) is 7.16. The fraction of sp³-hybridized carbons (Fsp3) is 0.375. The van der Waals surface area contributed by atoms with Gasteiger partial charge in [-0.2, -0.15) is 0 Å². The molecule has 2 aromatic heterocycles. The van der Waals surface area contributed by atoms with Crippen LogP contribution in [0.1, 0.15) is 29.6 Å². The molecule has 35 heavy (non-hydrogen) atoms. The standard InChI is InChI=1S/C24H22F3N3O4S/c1-33-19-3-2-15(34-24(25,26)27)9-18(19)29-20(31)8-14-10-23(11-14)12-30(13-23)22(32)16-4-6-28-17-5-7-35-21(16)17/h2-7,9,14H,8,10-13H2,1H3,(H,29,31). The highest BCUT2D eigenvalue weighted by Gasteiger charge is 2.53. The molecule has 1 saturated carbocycles. The fourth-order valence-electron chi connectivity index (χ4n) is 5.13. The molecule has 0 unspecified atom stereocenters. The lowest BCUT2D eigenvalue weighted by molar-refractivity contribution is -0.274. The highest BCUT2D eigenvalue weighted by atomic mass is 32.1. The Morgan fingerprint density at radius 2 is 2.00 bits per heavy atom. The number of halogens is 3. The summed E-state index contributed by atoms with van der Waals surface area (Å²) in [6.07, 6.45) is -1.30. The number of hydrogen-bond acceptors (Lipinski definition) is 6. The van der Waals surface area contributed by atoms with Crippen molar-refractivity contribution in [2.24, 2.45) is 11.3 Å². The van der Waals surface area contributed by atoms with Crippen LogP contribution < -0.4 is 14.8 Å². The Balaban J connectivity index is 1.13. The monoisotopic (exact) mass is 505 g/mol. The molecule has 1 saturated heterocycles. The van der Waals surface area contributed by atoms with Gasteiger partial charge in [0, 0.05) is 37.2 Å². The fourth-order valence-corrected chi connectivity index (χ4v) is 5.99. The van der Waals surface area contributed by atoms with Gasteiger partial charge in [0.25, 0.3) is 5.91 Å². The minimum atomic E-state index is -4.83. The Bertz CT molecular complexity index is 1280. The summed E-state index contributed by atoms with van der Waals surface area (Å²) in [6.45, 7) is 1.31. The van der Waals surface area contributed by atoms with Gasteiger partial charge in [-0.1, -0.05) is 0 Å². The number of anilines is 1. The molecular weight excluding hydrogens is 483 g/mol. The maximum Gasteiger partial charge on any atom is 0.573 e. The first-order valence-corrected chi connectivity index (χ1v) is 11.9. The highest BCUT2D eigenvalue weighted by Crippen LogP contribution is 2.53. The zero-order chi connectivity index (χ0) is 24.8. The number of pyridine rings is 1. The highest BCUT2D eigenvalue weighted by molar-refractivity contribution is 7.17. The Hall–Kier alpha value is -3.34. The number of amides is 2. The van der Waals surface area contributed by atoms with Crippen LogP contribution in [0.25, 0.3) is 10.2 Å². The van der Waals surface area contributed by atoms with Gasteiger partial charge in [0.05, 0.1) is 28.6 Å². The van der Waals surface area contributed by atoms with E-state index >= 15 is 0 Å². The van der Waals surface area contributed by atoms with Crippen LogP contribution in [-0.2, 0) is 4.79 Å². The maximum absolute atomic E-state index is 13.0. The van der Waals surface area contributed by atoms with E-state index in [4.69, 9.17) is 4.74 Å². The maximum atomic E-state index is 13.0. The van der Waals surface area contributed by atoms with Gasteiger partial charge in [-0.25, -0.2) is 0 Å². The lowest BCUT2D eigenvalue weighted by Gasteiger charge is -2.59. The number of alkyl halides is 3. The normalized spacial score (nSPS) is 17.1. The third-order valence-corrected chi connectivity index (χ3v) is 7.45. The van der Waals surface area contributed by atoms with Crippen LogP contribution in [0.2, 0.25) is 0 Å². The van der Waals surface area contributed by atoms with Crippen molar-refractivity contribution in [3.63, 3.8) is 0 Å². The number of carbonyl (C=O) groups is 2. The first kappa shape index (κ1) is 23.4. The molecule has 0 radical (unpaired) electrons. The molecular formula is C24H22F3N3O4S. The average molecular weight is 506 g/mol. The van der Waals surface area contributed by atoms with E-state index in [0.717, 1.165) is 35.2 Å². The Morgan fingerprint density at radius 1 is 1.23 bits per heavy atom. The van der Waals surface area contributed by atoms with Crippen molar-refractivity contribution in [1.29, 1.82) is 0 Å². The van der Waals surface area contributed by atoms with E-state index in [1.165, 1.54) is 24.5 Å². The largest absolute Gasteiger partial charge is 0.573 e. The van der Waals surface area contributed by atoms with Crippen LogP contribution in [0.4, 0.5) is 18.9 Å². The quantitative estimate of drug-likeness (QED) is 0.505. The number of carbonyl (C=O) groups excluding carboxylic acids is 2. The van der Waals surface area contributed by atoms with Gasteiger partial charge in [-0.05, 0) is 48.4 Å². The zero-order valence-electron chi connectivity index (χ0n) is 18.7. The van der Waals surface area contributed by atoms with Crippen LogP contribution in [0, 0.1) is 11.3 Å². The number of nitrogens with zero attached hydrogens (tertiary/aromatic N) is 2. The number of fused-ring (bicyclic) bond motifs is 1. The van der Waals surface area contributed by atoms with Gasteiger partial charge in [0.2, 0.25) is 5.91 Å². The Labute approximate surface area is 202 Å². The number of nitrogens with one attached hydrogen (secondary N) is 1. The predicted octanol–water partition coefficient (Wildman–Crippen LogP) is 5.08. The minimum Gasteiger partial charge on any atom is -0.495 e. The third-order valence-electron chi connectivity index (χ3n) is 6.51. The summed E-state index contributed by atoms with van der Waals surface area (Å²) in [5, 5.41) is 4.55. The number of hydrogen-bond donors (Lipinski definition) is 1. The second-order valence-electron chi connectivity index (χ2n) is 9.09. The van der Waals surface area contributed by atoms with Crippen LogP contribution >= 0.6 is 11.3 Å². The van der Waals surface area contributed by atoms with Crippen LogP contribution in [0.15, 0.2) is 41.9 Å². The van der Waals surface area contributed by atoms with E-state index in [-0.39, 0.29) is 41.0 Å². The van der Waals surface area contributed by atoms with E-state index in [0.29, 0.717) is 18.7 Å². The molecule has 0 bridgehead atoms. The molecule has 3 aromatic rings. The number of methoxy groups -OCH3 is 1. The van der Waals surface area contributed by atoms with Crippen molar-refractivity contribution in [1.82, 2.24) is 9.88 Å². The lowest BCUT2D eigenvalue weighted by Crippen LogP contribution is -2.63. The van der Waals surface area contributed by atoms with E-state index in [1.807, 2.05) is 16.3 Å². The SMILES string of the molecule is COc1ccc(OC(F)(F)F)cc1NC(=O)CC1CC2(C1)CN(C(=O)c1ccnc3ccsc13)C2. The smallest absolute Gasteiger partial charge is 0.495 e. The number of thiophene rings is 1. The van der Waals surface area contributed by atoms with E-state index in [1.54, 1.807) is 12.3 Å². The molecule has 1 aliphatic carbocycles. The van der Waals surface area contributed by atoms with E-state index < -0.39 is 12.1 Å². The molecule has 1 aliphatic heterocycles. The van der Waals surface area contributed by atoms with Gasteiger partial charge < -0.3 is 19.7 Å². The van der Waals surface area contributed by atoms with Crippen molar-refractivity contribution >= 4 is 39.1 Å².